The van der Waals surface area contributed by atoms with Crippen molar-refractivity contribution in [2.45, 2.75) is 65.7 Å². The van der Waals surface area contributed by atoms with Crippen LogP contribution in [0.1, 0.15) is 76.1 Å². The van der Waals surface area contributed by atoms with Crippen molar-refractivity contribution in [2.24, 2.45) is 0 Å². The molecule has 7 aromatic carbocycles. The fraction of sp³-hybridized carbons (Fsp3) is 0.137. The van der Waals surface area contributed by atoms with Crippen molar-refractivity contribution in [1.29, 1.82) is 0 Å². The lowest BCUT2D eigenvalue weighted by Gasteiger charge is -2.28. The monoisotopic (exact) mass is 971 g/mol. The number of para-hydroxylation sites is 3. The third kappa shape index (κ3) is 9.47. The van der Waals surface area contributed by atoms with Crippen molar-refractivity contribution >= 4 is 49.4 Å². The van der Waals surface area contributed by atoms with E-state index >= 15 is 0 Å². The number of nitrogens with zero attached hydrogens (tertiary/aromatic N) is 2. The summed E-state index contributed by atoms with van der Waals surface area (Å²) in [5.74, 6) is 0. The summed E-state index contributed by atoms with van der Waals surface area (Å²) in [6.07, 6.45) is 27.6. The van der Waals surface area contributed by atoms with Crippen molar-refractivity contribution in [2.75, 3.05) is 0 Å². The third-order valence-electron chi connectivity index (χ3n) is 15.1. The first kappa shape index (κ1) is 49.9. The normalized spacial score (nSPS) is 15.2. The topological polar surface area (TPSA) is 9.86 Å². The highest BCUT2D eigenvalue weighted by molar-refractivity contribution is 6.19. The van der Waals surface area contributed by atoms with Gasteiger partial charge < -0.3 is 9.13 Å². The smallest absolute Gasteiger partial charge is 0.0628 e. The van der Waals surface area contributed by atoms with E-state index in [9.17, 15) is 0 Å². The molecule has 368 valence electrons. The number of fused-ring (bicyclic) bond motifs is 5. The molecule has 0 aliphatic heterocycles. The Hall–Kier alpha value is -8.68. The lowest BCUT2D eigenvalue weighted by atomic mass is 9.77. The van der Waals surface area contributed by atoms with Crippen LogP contribution in [0.4, 0.5) is 0 Å². The molecule has 1 aliphatic carbocycles. The lowest BCUT2D eigenvalue weighted by Crippen LogP contribution is -2.33. The minimum absolute atomic E-state index is 0.0555. The Kier molecular flexibility index (Phi) is 14.5. The van der Waals surface area contributed by atoms with Crippen LogP contribution in [0, 0.1) is 0 Å². The Morgan fingerprint density at radius 2 is 1.31 bits per heavy atom. The fourth-order valence-electron chi connectivity index (χ4n) is 11.5. The van der Waals surface area contributed by atoms with Crippen LogP contribution < -0.4 is 10.6 Å². The summed E-state index contributed by atoms with van der Waals surface area (Å²) < 4.78 is 5.09. The maximum absolute atomic E-state index is 4.62. The number of aromatic nitrogens is 2. The summed E-state index contributed by atoms with van der Waals surface area (Å²) in [5, 5.41) is 5.72. The highest BCUT2D eigenvalue weighted by Gasteiger charge is 2.28. The first-order chi connectivity index (χ1) is 36.7. The Morgan fingerprint density at radius 3 is 2.00 bits per heavy atom. The highest BCUT2D eigenvalue weighted by Crippen LogP contribution is 2.45. The first-order valence-corrected chi connectivity index (χ1v) is 26.4. The molecule has 2 heterocycles. The highest BCUT2D eigenvalue weighted by atomic mass is 15.0. The standard InChI is InChI=1S/C73H66N2/c1-9-13-20-32-51(5)57-48-65(55-36-24-18-25-37-55)71-66(49-57)63-43-29-41-61(69(63)74(71)58-39-26-19-27-40-58)62-42-30-44-64-68(52(6)53(12-4)33-14-10-2)72(60(31-11-3)54-34-22-17-23-35-54)75(70(62)64)59-46-45-56-38-21-15-16-28-47-73(7,8)67(56)50-59/h9-10,12-15,17-27,29-37,39-46,48-50H,2-3,5,16,28,38,47H2,1,4,6-8H3/b13-9-,21-15-,32-20-,33-14-,53-12+,68-52+,72-60-. The molecule has 9 aromatic rings. The molecule has 2 nitrogen and oxygen atoms in total. The lowest BCUT2D eigenvalue weighted by molar-refractivity contribution is 0.462. The maximum Gasteiger partial charge on any atom is 0.0628 e. The summed E-state index contributed by atoms with van der Waals surface area (Å²) in [5.41, 5.74) is 22.6. The Morgan fingerprint density at radius 1 is 0.627 bits per heavy atom. The average molecular weight is 971 g/mol. The van der Waals surface area contributed by atoms with Gasteiger partial charge in [0.25, 0.3) is 0 Å². The van der Waals surface area contributed by atoms with Crippen LogP contribution in [0.5, 0.6) is 0 Å². The molecule has 0 bridgehead atoms. The molecule has 0 N–H and O–H groups in total. The van der Waals surface area contributed by atoms with Crippen molar-refractivity contribution in [3.63, 3.8) is 0 Å². The Balaban J connectivity index is 1.46. The van der Waals surface area contributed by atoms with E-state index in [1.54, 1.807) is 0 Å². The quantitative estimate of drug-likeness (QED) is 0.0656. The van der Waals surface area contributed by atoms with E-state index < -0.39 is 0 Å². The molecule has 1 aliphatic rings. The number of hydrogen-bond acceptors (Lipinski definition) is 0. The van der Waals surface area contributed by atoms with Crippen LogP contribution in [0.25, 0.3) is 83.1 Å². The second-order valence-corrected chi connectivity index (χ2v) is 20.2. The second-order valence-electron chi connectivity index (χ2n) is 20.2. The van der Waals surface area contributed by atoms with E-state index in [1.807, 2.05) is 25.2 Å². The predicted molar refractivity (Wildman–Crippen MR) is 325 cm³/mol. The molecule has 0 saturated heterocycles. The summed E-state index contributed by atoms with van der Waals surface area (Å²) in [4.78, 5) is 0. The minimum Gasteiger partial charge on any atom is -0.308 e. The Labute approximate surface area is 444 Å². The number of benzene rings is 7. The summed E-state index contributed by atoms with van der Waals surface area (Å²) in [6, 6.07) is 58.2. The van der Waals surface area contributed by atoms with Gasteiger partial charge in [-0.1, -0.05) is 216 Å². The molecule has 0 radical (unpaired) electrons. The molecule has 75 heavy (non-hydrogen) atoms. The molecule has 0 atom stereocenters. The van der Waals surface area contributed by atoms with Gasteiger partial charge in [0.05, 0.1) is 21.9 Å². The Bertz CT molecular complexity index is 4000. The van der Waals surface area contributed by atoms with E-state index in [1.165, 1.54) is 11.1 Å². The number of rotatable bonds is 12. The summed E-state index contributed by atoms with van der Waals surface area (Å²) >= 11 is 0. The van der Waals surface area contributed by atoms with E-state index in [-0.39, 0.29) is 5.41 Å². The van der Waals surface area contributed by atoms with Crippen LogP contribution in [0.2, 0.25) is 0 Å². The zero-order chi connectivity index (χ0) is 52.1. The molecule has 10 rings (SSSR count). The van der Waals surface area contributed by atoms with E-state index in [4.69, 9.17) is 0 Å². The molecule has 0 saturated carbocycles. The first-order valence-electron chi connectivity index (χ1n) is 26.4. The SMILES string of the molecule is C=C=C\C(c1ccccc1)=c1/c(=C(C)/C(/C=C\C=C)=C/C)c2cccc(-c3cccc4c5cc(C(=C)/C=C\C=C/C)cc(-c6ccccc6)c5n(-c5ccccc5)c34)c2n1-c1ccc2c(c1)C(C)(C)CCC/C=C\C2. The molecule has 0 unspecified atom stereocenters. The molecular weight excluding hydrogens is 905 g/mol. The number of allylic oxidation sites excluding steroid dienone is 13. The molecule has 2 heteroatoms. The zero-order valence-corrected chi connectivity index (χ0v) is 44.2. The predicted octanol–water partition coefficient (Wildman–Crippen LogP) is 18.2. The zero-order valence-electron chi connectivity index (χ0n) is 44.2. The average Bonchev–Trinajstić information content (AvgIpc) is 3.99. The van der Waals surface area contributed by atoms with Gasteiger partial charge in [-0.2, -0.15) is 0 Å². The summed E-state index contributed by atoms with van der Waals surface area (Å²) in [6.45, 7) is 24.2. The van der Waals surface area contributed by atoms with Crippen LogP contribution in [-0.2, 0) is 11.8 Å². The molecule has 0 spiro atoms. The van der Waals surface area contributed by atoms with Gasteiger partial charge in [0.1, 0.15) is 0 Å². The number of hydrogen-bond donors (Lipinski definition) is 0. The van der Waals surface area contributed by atoms with Gasteiger partial charge in [0, 0.05) is 55.0 Å². The molecule has 0 amide bonds. The van der Waals surface area contributed by atoms with Gasteiger partial charge in [0.2, 0.25) is 0 Å². The minimum atomic E-state index is -0.0555. The van der Waals surface area contributed by atoms with Gasteiger partial charge in [-0.05, 0) is 139 Å². The summed E-state index contributed by atoms with van der Waals surface area (Å²) in [7, 11) is 0. The van der Waals surface area contributed by atoms with Gasteiger partial charge in [-0.15, -0.1) is 5.73 Å². The van der Waals surface area contributed by atoms with Crippen molar-refractivity contribution in [3.05, 3.63) is 288 Å². The van der Waals surface area contributed by atoms with E-state index in [0.717, 1.165) is 136 Å². The van der Waals surface area contributed by atoms with Crippen molar-refractivity contribution in [3.8, 4) is 33.6 Å². The van der Waals surface area contributed by atoms with Gasteiger partial charge in [-0.3, -0.25) is 0 Å². The van der Waals surface area contributed by atoms with Gasteiger partial charge >= 0.3 is 0 Å². The van der Waals surface area contributed by atoms with Crippen LogP contribution in [0.3, 0.4) is 0 Å². The van der Waals surface area contributed by atoms with Gasteiger partial charge in [-0.25, -0.2) is 0 Å². The van der Waals surface area contributed by atoms with Crippen LogP contribution >= 0.6 is 0 Å². The van der Waals surface area contributed by atoms with Crippen molar-refractivity contribution in [1.82, 2.24) is 9.13 Å². The molecule has 2 aromatic heterocycles. The fourth-order valence-corrected chi connectivity index (χ4v) is 11.5. The van der Waals surface area contributed by atoms with E-state index in [2.05, 4.69) is 269 Å². The second kappa shape index (κ2) is 21.8. The molecule has 0 fully saturated rings. The van der Waals surface area contributed by atoms with Gasteiger partial charge in [0.15, 0.2) is 0 Å². The maximum atomic E-state index is 4.62. The largest absolute Gasteiger partial charge is 0.308 e. The van der Waals surface area contributed by atoms with E-state index in [0.29, 0.717) is 0 Å². The van der Waals surface area contributed by atoms with Crippen LogP contribution in [0.15, 0.2) is 256 Å². The molecular formula is C73H66N2. The van der Waals surface area contributed by atoms with Crippen molar-refractivity contribution < 1.29 is 0 Å². The van der Waals surface area contributed by atoms with Crippen LogP contribution in [-0.4, -0.2) is 9.13 Å². The third-order valence-corrected chi connectivity index (χ3v) is 15.1.